The maximum atomic E-state index is 11.5. The molecule has 0 fully saturated rings. The number of rotatable bonds is 5. The van der Waals surface area contributed by atoms with E-state index >= 15 is 0 Å². The van der Waals surface area contributed by atoms with Gasteiger partial charge < -0.3 is 9.47 Å². The molecule has 1 aromatic carbocycles. The van der Waals surface area contributed by atoms with Gasteiger partial charge in [0.25, 0.3) is 0 Å². The molecule has 5 nitrogen and oxygen atoms in total. The molecular weight excluding hydrogens is 236 g/mol. The highest BCUT2D eigenvalue weighted by Gasteiger charge is 2.26. The molecule has 0 atom stereocenters. The van der Waals surface area contributed by atoms with Crippen LogP contribution in [0.4, 0.5) is 0 Å². The summed E-state index contributed by atoms with van der Waals surface area (Å²) in [6.07, 6.45) is -0.221. The molecule has 1 rings (SSSR count). The zero-order valence-electron chi connectivity index (χ0n) is 10.1. The Morgan fingerprint density at radius 3 is 2.39 bits per heavy atom. The summed E-state index contributed by atoms with van der Waals surface area (Å²) in [6, 6.07) is 8.15. The molecule has 0 unspecified atom stereocenters. The van der Waals surface area contributed by atoms with Gasteiger partial charge in [0, 0.05) is 0 Å². The molecule has 0 spiro atoms. The van der Waals surface area contributed by atoms with E-state index < -0.39 is 17.5 Å². The maximum absolute atomic E-state index is 11.5. The van der Waals surface area contributed by atoms with E-state index in [2.05, 4.69) is 9.47 Å². The van der Waals surface area contributed by atoms with Crippen molar-refractivity contribution in [3.8, 4) is 0 Å². The quantitative estimate of drug-likeness (QED) is 0.586. The van der Waals surface area contributed by atoms with Crippen LogP contribution in [0.2, 0.25) is 0 Å². The molecule has 0 N–H and O–H groups in total. The normalized spacial score (nSPS) is 10.6. The molecule has 5 heteroatoms. The minimum atomic E-state index is -1.05. The molecule has 95 valence electrons. The van der Waals surface area contributed by atoms with Crippen molar-refractivity contribution in [2.45, 2.75) is 25.9 Å². The molecule has 0 heterocycles. The second kappa shape index (κ2) is 5.95. The van der Waals surface area contributed by atoms with Crippen molar-refractivity contribution in [2.75, 3.05) is 0 Å². The molecule has 1 aromatic rings. The lowest BCUT2D eigenvalue weighted by Crippen LogP contribution is -2.29. The van der Waals surface area contributed by atoms with Crippen molar-refractivity contribution < 1.29 is 23.9 Å². The van der Waals surface area contributed by atoms with Crippen LogP contribution in [0.1, 0.15) is 30.6 Å². The van der Waals surface area contributed by atoms with Gasteiger partial charge in [-0.15, -0.1) is 0 Å². The van der Waals surface area contributed by atoms with Gasteiger partial charge in [-0.1, -0.05) is 18.2 Å². The van der Waals surface area contributed by atoms with Crippen molar-refractivity contribution in [1.82, 2.24) is 0 Å². The Bertz CT molecular complexity index is 436. The minimum absolute atomic E-state index is 0.221. The van der Waals surface area contributed by atoms with Crippen LogP contribution in [0.3, 0.4) is 0 Å². The highest BCUT2D eigenvalue weighted by molar-refractivity contribution is 5.96. The lowest BCUT2D eigenvalue weighted by Gasteiger charge is -2.19. The summed E-state index contributed by atoms with van der Waals surface area (Å²) >= 11 is 0. The number of carbonyl (C=O) groups excluding carboxylic acids is 3. The smallest absolute Gasteiger partial charge is 0.418 e. The predicted molar refractivity (Wildman–Crippen MR) is 62.3 cm³/mol. The van der Waals surface area contributed by atoms with Gasteiger partial charge in [0.1, 0.15) is 5.60 Å². The lowest BCUT2D eigenvalue weighted by atomic mass is 10.1. The molecule has 0 saturated carbocycles. The number of ether oxygens (including phenoxy) is 2. The Morgan fingerprint density at radius 2 is 1.83 bits per heavy atom. The van der Waals surface area contributed by atoms with E-state index in [1.54, 1.807) is 18.2 Å². The summed E-state index contributed by atoms with van der Waals surface area (Å²) in [4.78, 5) is 33.1. The molecule has 1 radical (unpaired) electrons. The number of carbonyl (C=O) groups is 2. The van der Waals surface area contributed by atoms with Gasteiger partial charge in [0.15, 0.2) is 0 Å². The van der Waals surface area contributed by atoms with Crippen LogP contribution in [0, 0.1) is 0 Å². The Labute approximate surface area is 105 Å². The van der Waals surface area contributed by atoms with Gasteiger partial charge >= 0.3 is 18.4 Å². The van der Waals surface area contributed by atoms with Gasteiger partial charge in [-0.2, -0.15) is 0 Å². The average Bonchev–Trinajstić information content (AvgIpc) is 2.28. The first-order valence-electron chi connectivity index (χ1n) is 5.30. The van der Waals surface area contributed by atoms with E-state index in [4.69, 9.17) is 0 Å². The van der Waals surface area contributed by atoms with E-state index in [-0.39, 0.29) is 12.0 Å². The van der Waals surface area contributed by atoms with E-state index in [1.807, 2.05) is 0 Å². The fourth-order valence-electron chi connectivity index (χ4n) is 1.27. The summed E-state index contributed by atoms with van der Waals surface area (Å²) in [6.45, 7) is 4.30. The third-order valence-electron chi connectivity index (χ3n) is 2.10. The number of hydrogen-bond acceptors (Lipinski definition) is 5. The summed E-state index contributed by atoms with van der Waals surface area (Å²) in [7, 11) is 0. The van der Waals surface area contributed by atoms with Crippen molar-refractivity contribution >= 4 is 18.4 Å². The molecule has 18 heavy (non-hydrogen) atoms. The van der Waals surface area contributed by atoms with Crippen LogP contribution >= 0.6 is 0 Å². The highest BCUT2D eigenvalue weighted by Crippen LogP contribution is 2.14. The number of benzene rings is 1. The fourth-order valence-corrected chi connectivity index (χ4v) is 1.27. The third kappa shape index (κ3) is 4.37. The van der Waals surface area contributed by atoms with E-state index in [9.17, 15) is 14.4 Å². The van der Waals surface area contributed by atoms with Crippen LogP contribution in [-0.4, -0.2) is 24.0 Å². The monoisotopic (exact) mass is 249 g/mol. The Hall–Kier alpha value is -2.17. The second-order valence-electron chi connectivity index (χ2n) is 4.25. The Morgan fingerprint density at radius 1 is 1.22 bits per heavy atom. The van der Waals surface area contributed by atoms with Crippen LogP contribution in [-0.2, 0) is 19.1 Å². The molecule has 0 aliphatic rings. The van der Waals surface area contributed by atoms with Crippen molar-refractivity contribution in [1.29, 1.82) is 0 Å². The van der Waals surface area contributed by atoms with Crippen LogP contribution in [0.15, 0.2) is 30.3 Å². The topological polar surface area (TPSA) is 69.7 Å². The SMILES string of the molecule is CC(C)(CC(=O)OC(=O)c1ccccc1)O[C]=O. The van der Waals surface area contributed by atoms with Gasteiger partial charge in [-0.05, 0) is 26.0 Å². The van der Waals surface area contributed by atoms with Crippen molar-refractivity contribution in [2.24, 2.45) is 0 Å². The maximum Gasteiger partial charge on any atom is 0.418 e. The lowest BCUT2D eigenvalue weighted by molar-refractivity contribution is -0.141. The first-order valence-corrected chi connectivity index (χ1v) is 5.30. The first kappa shape index (κ1) is 13.9. The van der Waals surface area contributed by atoms with Gasteiger partial charge in [-0.25, -0.2) is 9.59 Å². The zero-order valence-corrected chi connectivity index (χ0v) is 10.1. The molecule has 0 aliphatic carbocycles. The molecule has 0 saturated heterocycles. The minimum Gasteiger partial charge on any atom is -0.451 e. The number of hydrogen-bond donors (Lipinski definition) is 0. The molecule has 0 aliphatic heterocycles. The predicted octanol–water partition coefficient (Wildman–Crippen LogP) is 1.62. The van der Waals surface area contributed by atoms with Crippen LogP contribution in [0.25, 0.3) is 0 Å². The summed E-state index contributed by atoms with van der Waals surface area (Å²) in [5.74, 6) is -1.49. The van der Waals surface area contributed by atoms with Crippen LogP contribution in [0.5, 0.6) is 0 Å². The largest absolute Gasteiger partial charge is 0.451 e. The zero-order chi connectivity index (χ0) is 13.6. The third-order valence-corrected chi connectivity index (χ3v) is 2.10. The Kier molecular flexibility index (Phi) is 4.59. The standard InChI is InChI=1S/C13H13O5/c1-13(2,17-9-14)8-11(15)18-12(16)10-6-4-3-5-7-10/h3-7H,8H2,1-2H3. The van der Waals surface area contributed by atoms with E-state index in [0.29, 0.717) is 0 Å². The van der Waals surface area contributed by atoms with Crippen LogP contribution < -0.4 is 0 Å². The van der Waals surface area contributed by atoms with E-state index in [1.165, 1.54) is 32.5 Å². The van der Waals surface area contributed by atoms with Gasteiger partial charge in [-0.3, -0.25) is 4.79 Å². The molecule has 0 aromatic heterocycles. The number of esters is 2. The van der Waals surface area contributed by atoms with Gasteiger partial charge in [0.2, 0.25) is 0 Å². The molecular formula is C13H13O5. The van der Waals surface area contributed by atoms with Gasteiger partial charge in [0.05, 0.1) is 12.0 Å². The summed E-state index contributed by atoms with van der Waals surface area (Å²) in [5, 5.41) is 0. The first-order chi connectivity index (χ1) is 8.44. The average molecular weight is 249 g/mol. The van der Waals surface area contributed by atoms with Crippen molar-refractivity contribution in [3.63, 3.8) is 0 Å². The van der Waals surface area contributed by atoms with E-state index in [0.717, 1.165) is 0 Å². The second-order valence-corrected chi connectivity index (χ2v) is 4.25. The molecule has 0 amide bonds. The highest BCUT2D eigenvalue weighted by atomic mass is 16.6. The van der Waals surface area contributed by atoms with Crippen molar-refractivity contribution in [3.05, 3.63) is 35.9 Å². The molecule has 0 bridgehead atoms. The summed E-state index contributed by atoms with van der Waals surface area (Å²) in [5.41, 5.74) is -0.762. The summed E-state index contributed by atoms with van der Waals surface area (Å²) < 4.78 is 9.20. The Balaban J connectivity index is 2.56. The fraction of sp³-hybridized carbons (Fsp3) is 0.308.